The SMILES string of the molecule is C=C/C=C/C=C/CC/C=C\C. The molecule has 0 amide bonds. The van der Waals surface area contributed by atoms with E-state index in [0.29, 0.717) is 0 Å². The highest BCUT2D eigenvalue weighted by Gasteiger charge is 1.72. The van der Waals surface area contributed by atoms with Crippen molar-refractivity contribution in [3.05, 3.63) is 49.1 Å². The smallest absolute Gasteiger partial charge is 0.0313 e. The van der Waals surface area contributed by atoms with Crippen LogP contribution in [-0.2, 0) is 0 Å². The lowest BCUT2D eigenvalue weighted by molar-refractivity contribution is 1.05. The van der Waals surface area contributed by atoms with Crippen LogP contribution >= 0.6 is 0 Å². The van der Waals surface area contributed by atoms with Crippen LogP contribution in [0.2, 0.25) is 0 Å². The molecule has 0 heteroatoms. The Balaban J connectivity index is 3.29. The number of allylic oxidation sites excluding steroid dienone is 7. The van der Waals surface area contributed by atoms with Crippen LogP contribution in [0.5, 0.6) is 0 Å². The van der Waals surface area contributed by atoms with E-state index < -0.39 is 0 Å². The van der Waals surface area contributed by atoms with Crippen molar-refractivity contribution in [2.24, 2.45) is 0 Å². The molecule has 0 bridgehead atoms. The maximum absolute atomic E-state index is 3.58. The first-order chi connectivity index (χ1) is 5.41. The van der Waals surface area contributed by atoms with Gasteiger partial charge in [-0.2, -0.15) is 0 Å². The second-order valence-electron chi connectivity index (χ2n) is 2.20. The molecule has 0 spiro atoms. The fourth-order valence-corrected chi connectivity index (χ4v) is 0.677. The molecule has 0 radical (unpaired) electrons. The van der Waals surface area contributed by atoms with Crippen LogP contribution in [0, 0.1) is 0 Å². The first-order valence-electron chi connectivity index (χ1n) is 3.97. The minimum Gasteiger partial charge on any atom is -0.0991 e. The number of hydrogen-bond acceptors (Lipinski definition) is 0. The Hall–Kier alpha value is -1.04. The van der Waals surface area contributed by atoms with Gasteiger partial charge < -0.3 is 0 Å². The van der Waals surface area contributed by atoms with Gasteiger partial charge in [0, 0.05) is 0 Å². The molecule has 0 aliphatic rings. The topological polar surface area (TPSA) is 0 Å². The van der Waals surface area contributed by atoms with Gasteiger partial charge in [0.2, 0.25) is 0 Å². The summed E-state index contributed by atoms with van der Waals surface area (Å²) in [6.45, 7) is 5.62. The Kier molecular flexibility index (Phi) is 8.11. The van der Waals surface area contributed by atoms with Gasteiger partial charge in [-0.3, -0.25) is 0 Å². The van der Waals surface area contributed by atoms with Crippen molar-refractivity contribution in [3.8, 4) is 0 Å². The van der Waals surface area contributed by atoms with E-state index in [1.54, 1.807) is 6.08 Å². The summed E-state index contributed by atoms with van der Waals surface area (Å²) in [5.41, 5.74) is 0. The summed E-state index contributed by atoms with van der Waals surface area (Å²) in [6.07, 6.45) is 16.4. The lowest BCUT2D eigenvalue weighted by Crippen LogP contribution is -1.62. The van der Waals surface area contributed by atoms with E-state index in [9.17, 15) is 0 Å². The zero-order valence-corrected chi connectivity index (χ0v) is 7.16. The second kappa shape index (κ2) is 8.96. The molecule has 0 heterocycles. The molecule has 0 nitrogen and oxygen atoms in total. The average Bonchev–Trinajstić information content (AvgIpc) is 2.03. The van der Waals surface area contributed by atoms with Crippen LogP contribution in [0.1, 0.15) is 19.8 Å². The Morgan fingerprint density at radius 1 is 1.00 bits per heavy atom. The predicted molar refractivity (Wildman–Crippen MR) is 52.5 cm³/mol. The van der Waals surface area contributed by atoms with Crippen LogP contribution < -0.4 is 0 Å². The fourth-order valence-electron chi connectivity index (χ4n) is 0.677. The number of unbranched alkanes of at least 4 members (excludes halogenated alkanes) is 1. The molecule has 0 aromatic rings. The van der Waals surface area contributed by atoms with E-state index >= 15 is 0 Å². The molecule has 0 fully saturated rings. The molecule has 0 aromatic heterocycles. The normalized spacial score (nSPS) is 12.1. The summed E-state index contributed by atoms with van der Waals surface area (Å²) < 4.78 is 0. The van der Waals surface area contributed by atoms with Crippen molar-refractivity contribution in [1.82, 2.24) is 0 Å². The lowest BCUT2D eigenvalue weighted by atomic mass is 10.2. The van der Waals surface area contributed by atoms with Gasteiger partial charge in [-0.05, 0) is 19.8 Å². The first kappa shape index (κ1) is 9.96. The molecule has 0 saturated heterocycles. The van der Waals surface area contributed by atoms with Gasteiger partial charge in [0.25, 0.3) is 0 Å². The molecule has 0 aliphatic heterocycles. The Morgan fingerprint density at radius 2 is 1.73 bits per heavy atom. The maximum Gasteiger partial charge on any atom is -0.0313 e. The molecule has 0 aliphatic carbocycles. The molecule has 0 N–H and O–H groups in total. The van der Waals surface area contributed by atoms with E-state index in [-0.39, 0.29) is 0 Å². The van der Waals surface area contributed by atoms with Crippen molar-refractivity contribution in [2.45, 2.75) is 19.8 Å². The van der Waals surface area contributed by atoms with Gasteiger partial charge in [0.05, 0.1) is 0 Å². The van der Waals surface area contributed by atoms with Crippen molar-refractivity contribution < 1.29 is 0 Å². The molecule has 0 aromatic carbocycles. The van der Waals surface area contributed by atoms with Gasteiger partial charge in [0.1, 0.15) is 0 Å². The largest absolute Gasteiger partial charge is 0.0991 e. The Morgan fingerprint density at radius 3 is 2.36 bits per heavy atom. The third-order valence-electron chi connectivity index (χ3n) is 1.23. The monoisotopic (exact) mass is 148 g/mol. The first-order valence-corrected chi connectivity index (χ1v) is 3.97. The van der Waals surface area contributed by atoms with Gasteiger partial charge in [-0.1, -0.05) is 49.1 Å². The summed E-state index contributed by atoms with van der Waals surface area (Å²) in [4.78, 5) is 0. The van der Waals surface area contributed by atoms with Crippen molar-refractivity contribution in [3.63, 3.8) is 0 Å². The zero-order chi connectivity index (χ0) is 8.36. The molecule has 11 heavy (non-hydrogen) atoms. The van der Waals surface area contributed by atoms with Crippen LogP contribution in [-0.4, -0.2) is 0 Å². The lowest BCUT2D eigenvalue weighted by Gasteiger charge is -1.82. The predicted octanol–water partition coefficient (Wildman–Crippen LogP) is 3.64. The molecule has 60 valence electrons. The summed E-state index contributed by atoms with van der Waals surface area (Å²) in [7, 11) is 0. The minimum absolute atomic E-state index is 1.12. The molecule has 0 unspecified atom stereocenters. The highest BCUT2D eigenvalue weighted by molar-refractivity contribution is 5.08. The fraction of sp³-hybridized carbons (Fsp3) is 0.273. The van der Waals surface area contributed by atoms with Crippen molar-refractivity contribution in [1.29, 1.82) is 0 Å². The molecule has 0 rings (SSSR count). The van der Waals surface area contributed by atoms with E-state index in [1.165, 1.54) is 0 Å². The van der Waals surface area contributed by atoms with Crippen LogP contribution in [0.25, 0.3) is 0 Å². The Bertz CT molecular complexity index is 159. The molecule has 0 saturated carbocycles. The summed E-state index contributed by atoms with van der Waals surface area (Å²) in [6, 6.07) is 0. The highest BCUT2D eigenvalue weighted by Crippen LogP contribution is 1.92. The minimum atomic E-state index is 1.12. The molecular weight excluding hydrogens is 132 g/mol. The van der Waals surface area contributed by atoms with Crippen molar-refractivity contribution in [2.75, 3.05) is 0 Å². The van der Waals surface area contributed by atoms with Crippen LogP contribution in [0.15, 0.2) is 49.1 Å². The van der Waals surface area contributed by atoms with E-state index in [2.05, 4.69) is 24.8 Å². The number of hydrogen-bond donors (Lipinski definition) is 0. The summed E-state index contributed by atoms with van der Waals surface area (Å²) in [5.74, 6) is 0. The number of rotatable bonds is 5. The third-order valence-corrected chi connectivity index (χ3v) is 1.23. The van der Waals surface area contributed by atoms with E-state index in [0.717, 1.165) is 12.8 Å². The highest BCUT2D eigenvalue weighted by atomic mass is 13.8. The average molecular weight is 148 g/mol. The van der Waals surface area contributed by atoms with Crippen molar-refractivity contribution >= 4 is 0 Å². The van der Waals surface area contributed by atoms with Gasteiger partial charge in [-0.25, -0.2) is 0 Å². The van der Waals surface area contributed by atoms with Gasteiger partial charge >= 0.3 is 0 Å². The quantitative estimate of drug-likeness (QED) is 0.317. The standard InChI is InChI=1S/C11H16/c1-3-5-7-9-11-10-8-6-4-2/h3-7,9,11H,1,8,10H2,2H3/b6-4-,7-5+,11-9+. The molecule has 0 atom stereocenters. The van der Waals surface area contributed by atoms with Gasteiger partial charge in [-0.15, -0.1) is 0 Å². The summed E-state index contributed by atoms with van der Waals surface area (Å²) >= 11 is 0. The van der Waals surface area contributed by atoms with Gasteiger partial charge in [0.15, 0.2) is 0 Å². The third kappa shape index (κ3) is 8.96. The maximum atomic E-state index is 3.58. The van der Waals surface area contributed by atoms with E-state index in [4.69, 9.17) is 0 Å². The Labute approximate surface area is 69.6 Å². The van der Waals surface area contributed by atoms with Crippen LogP contribution in [0.4, 0.5) is 0 Å². The molecular formula is C11H16. The summed E-state index contributed by atoms with van der Waals surface area (Å²) in [5, 5.41) is 0. The zero-order valence-electron chi connectivity index (χ0n) is 7.16. The van der Waals surface area contributed by atoms with Crippen LogP contribution in [0.3, 0.4) is 0 Å². The second-order valence-corrected chi connectivity index (χ2v) is 2.20. The van der Waals surface area contributed by atoms with E-state index in [1.807, 2.05) is 25.2 Å².